The molecule has 1 N–H and O–H groups in total. The molecule has 0 aliphatic carbocycles. The second kappa shape index (κ2) is 6.48. The summed E-state index contributed by atoms with van der Waals surface area (Å²) < 4.78 is 0. The summed E-state index contributed by atoms with van der Waals surface area (Å²) in [7, 11) is 0. The minimum absolute atomic E-state index is 0.425. The quantitative estimate of drug-likeness (QED) is 0.800. The van der Waals surface area contributed by atoms with Crippen molar-refractivity contribution in [3.8, 4) is 0 Å². The maximum absolute atomic E-state index is 4.35. The van der Waals surface area contributed by atoms with Crippen molar-refractivity contribution in [2.24, 2.45) is 0 Å². The van der Waals surface area contributed by atoms with Crippen LogP contribution in [0.5, 0.6) is 0 Å². The third kappa shape index (κ3) is 3.81. The minimum Gasteiger partial charge on any atom is -0.366 e. The lowest BCUT2D eigenvalue weighted by atomic mass is 10.2. The van der Waals surface area contributed by atoms with Crippen LogP contribution in [0.3, 0.4) is 0 Å². The highest BCUT2D eigenvalue weighted by Crippen LogP contribution is 2.10. The molecule has 0 aliphatic heterocycles. The fraction of sp³-hybridized carbons (Fsp3) is 0.615. The van der Waals surface area contributed by atoms with Gasteiger partial charge < -0.3 is 10.2 Å². The number of nitrogens with one attached hydrogen (secondary N) is 1. The van der Waals surface area contributed by atoms with Gasteiger partial charge in [-0.05, 0) is 38.6 Å². The molecule has 1 aromatic heterocycles. The SMILES string of the molecule is CCN(CC)CC(C)Nc1ncccc1C. The van der Waals surface area contributed by atoms with Crippen LogP contribution < -0.4 is 5.32 Å². The highest BCUT2D eigenvalue weighted by molar-refractivity contribution is 5.43. The lowest BCUT2D eigenvalue weighted by molar-refractivity contribution is 0.294. The first-order valence-corrected chi connectivity index (χ1v) is 6.07. The average molecular weight is 221 g/mol. The number of rotatable bonds is 6. The van der Waals surface area contributed by atoms with Crippen LogP contribution in [0.2, 0.25) is 0 Å². The van der Waals surface area contributed by atoms with Crippen LogP contribution in [0.4, 0.5) is 5.82 Å². The minimum atomic E-state index is 0.425. The van der Waals surface area contributed by atoms with Crippen molar-refractivity contribution in [3.05, 3.63) is 23.9 Å². The number of pyridine rings is 1. The molecule has 1 aromatic rings. The Kier molecular flexibility index (Phi) is 5.26. The Morgan fingerprint density at radius 2 is 2.06 bits per heavy atom. The van der Waals surface area contributed by atoms with E-state index in [1.165, 1.54) is 5.56 Å². The molecule has 0 aliphatic rings. The van der Waals surface area contributed by atoms with Crippen LogP contribution in [0.25, 0.3) is 0 Å². The lowest BCUT2D eigenvalue weighted by Crippen LogP contribution is -2.35. The second-order valence-electron chi connectivity index (χ2n) is 4.20. The third-order valence-electron chi connectivity index (χ3n) is 2.82. The molecular formula is C13H23N3. The zero-order valence-corrected chi connectivity index (χ0v) is 10.8. The van der Waals surface area contributed by atoms with E-state index >= 15 is 0 Å². The molecule has 3 nitrogen and oxygen atoms in total. The van der Waals surface area contributed by atoms with Gasteiger partial charge in [-0.25, -0.2) is 4.98 Å². The summed E-state index contributed by atoms with van der Waals surface area (Å²) in [6.07, 6.45) is 1.83. The van der Waals surface area contributed by atoms with E-state index in [1.54, 1.807) is 0 Å². The predicted octanol–water partition coefficient (Wildman–Crippen LogP) is 2.53. The average Bonchev–Trinajstić information content (AvgIpc) is 2.29. The summed E-state index contributed by atoms with van der Waals surface area (Å²) in [5, 5.41) is 3.46. The third-order valence-corrected chi connectivity index (χ3v) is 2.82. The van der Waals surface area contributed by atoms with Crippen molar-refractivity contribution in [1.29, 1.82) is 0 Å². The van der Waals surface area contributed by atoms with Crippen molar-refractivity contribution in [2.45, 2.75) is 33.7 Å². The summed E-state index contributed by atoms with van der Waals surface area (Å²) in [6.45, 7) is 11.9. The number of aromatic nitrogens is 1. The molecule has 0 amide bonds. The van der Waals surface area contributed by atoms with Crippen LogP contribution in [0.1, 0.15) is 26.3 Å². The van der Waals surface area contributed by atoms with Gasteiger partial charge in [0.15, 0.2) is 0 Å². The summed E-state index contributed by atoms with van der Waals surface area (Å²) >= 11 is 0. The van der Waals surface area contributed by atoms with Gasteiger partial charge in [-0.2, -0.15) is 0 Å². The topological polar surface area (TPSA) is 28.2 Å². The zero-order chi connectivity index (χ0) is 12.0. The van der Waals surface area contributed by atoms with Gasteiger partial charge in [0.1, 0.15) is 5.82 Å². The van der Waals surface area contributed by atoms with Gasteiger partial charge in [-0.3, -0.25) is 0 Å². The van der Waals surface area contributed by atoms with Gasteiger partial charge in [0.25, 0.3) is 0 Å². The molecule has 0 saturated heterocycles. The van der Waals surface area contributed by atoms with E-state index in [-0.39, 0.29) is 0 Å². The standard InChI is InChI=1S/C13H23N3/c1-5-16(6-2)10-12(4)15-13-11(3)8-7-9-14-13/h7-9,12H,5-6,10H2,1-4H3,(H,14,15). The summed E-state index contributed by atoms with van der Waals surface area (Å²) in [5.74, 6) is 1.00. The van der Waals surface area contributed by atoms with Crippen molar-refractivity contribution in [1.82, 2.24) is 9.88 Å². The molecule has 1 rings (SSSR count). The van der Waals surface area contributed by atoms with E-state index in [2.05, 4.69) is 49.0 Å². The number of nitrogens with zero attached hydrogens (tertiary/aromatic N) is 2. The Bertz CT molecular complexity index is 308. The van der Waals surface area contributed by atoms with Crippen LogP contribution in [0, 0.1) is 6.92 Å². The molecule has 0 aromatic carbocycles. The molecule has 16 heavy (non-hydrogen) atoms. The van der Waals surface area contributed by atoms with Gasteiger partial charge in [0, 0.05) is 18.8 Å². The Labute approximate surface area is 98.9 Å². The Morgan fingerprint density at radius 1 is 1.38 bits per heavy atom. The monoisotopic (exact) mass is 221 g/mol. The molecular weight excluding hydrogens is 198 g/mol. The number of hydrogen-bond acceptors (Lipinski definition) is 3. The van der Waals surface area contributed by atoms with E-state index < -0.39 is 0 Å². The van der Waals surface area contributed by atoms with Gasteiger partial charge >= 0.3 is 0 Å². The van der Waals surface area contributed by atoms with Crippen LogP contribution in [-0.2, 0) is 0 Å². The molecule has 1 heterocycles. The van der Waals surface area contributed by atoms with Crippen molar-refractivity contribution >= 4 is 5.82 Å². The largest absolute Gasteiger partial charge is 0.366 e. The molecule has 0 spiro atoms. The van der Waals surface area contributed by atoms with E-state index in [0.717, 1.165) is 25.5 Å². The number of aryl methyl sites for hydroxylation is 1. The molecule has 0 bridgehead atoms. The van der Waals surface area contributed by atoms with Crippen molar-refractivity contribution < 1.29 is 0 Å². The maximum atomic E-state index is 4.35. The van der Waals surface area contributed by atoms with E-state index in [4.69, 9.17) is 0 Å². The summed E-state index contributed by atoms with van der Waals surface area (Å²) in [5.41, 5.74) is 1.20. The van der Waals surface area contributed by atoms with Crippen LogP contribution in [0.15, 0.2) is 18.3 Å². The van der Waals surface area contributed by atoms with Gasteiger partial charge in [-0.1, -0.05) is 19.9 Å². The lowest BCUT2D eigenvalue weighted by Gasteiger charge is -2.24. The summed E-state index contributed by atoms with van der Waals surface area (Å²) in [4.78, 5) is 6.76. The molecule has 1 atom stereocenters. The Morgan fingerprint density at radius 3 is 2.62 bits per heavy atom. The van der Waals surface area contributed by atoms with E-state index in [9.17, 15) is 0 Å². The highest BCUT2D eigenvalue weighted by atomic mass is 15.1. The second-order valence-corrected chi connectivity index (χ2v) is 4.20. The first-order chi connectivity index (χ1) is 7.67. The van der Waals surface area contributed by atoms with Gasteiger partial charge in [0.2, 0.25) is 0 Å². The number of anilines is 1. The molecule has 0 radical (unpaired) electrons. The fourth-order valence-corrected chi connectivity index (χ4v) is 1.78. The van der Waals surface area contributed by atoms with E-state index in [0.29, 0.717) is 6.04 Å². The molecule has 90 valence electrons. The van der Waals surface area contributed by atoms with Gasteiger partial charge in [0.05, 0.1) is 0 Å². The van der Waals surface area contributed by atoms with Crippen molar-refractivity contribution in [2.75, 3.05) is 25.0 Å². The number of hydrogen-bond donors (Lipinski definition) is 1. The van der Waals surface area contributed by atoms with E-state index in [1.807, 2.05) is 12.3 Å². The molecule has 0 saturated carbocycles. The first-order valence-electron chi connectivity index (χ1n) is 6.07. The molecule has 1 unspecified atom stereocenters. The van der Waals surface area contributed by atoms with Gasteiger partial charge in [-0.15, -0.1) is 0 Å². The van der Waals surface area contributed by atoms with Crippen LogP contribution >= 0.6 is 0 Å². The van der Waals surface area contributed by atoms with Crippen molar-refractivity contribution in [3.63, 3.8) is 0 Å². The Hall–Kier alpha value is -1.09. The zero-order valence-electron chi connectivity index (χ0n) is 10.8. The fourth-order valence-electron chi connectivity index (χ4n) is 1.78. The number of likely N-dealkylation sites (N-methyl/N-ethyl adjacent to an activating group) is 1. The highest BCUT2D eigenvalue weighted by Gasteiger charge is 2.08. The smallest absolute Gasteiger partial charge is 0.129 e. The maximum Gasteiger partial charge on any atom is 0.129 e. The molecule has 0 fully saturated rings. The first kappa shape index (κ1) is 13.0. The predicted molar refractivity (Wildman–Crippen MR) is 69.8 cm³/mol. The Balaban J connectivity index is 2.51. The normalized spacial score (nSPS) is 12.8. The molecule has 3 heteroatoms. The van der Waals surface area contributed by atoms with Crippen LogP contribution in [-0.4, -0.2) is 35.6 Å². The summed E-state index contributed by atoms with van der Waals surface area (Å²) in [6, 6.07) is 4.48.